The lowest BCUT2D eigenvalue weighted by Crippen LogP contribution is -2.19. The van der Waals surface area contributed by atoms with Crippen molar-refractivity contribution in [2.24, 2.45) is 0 Å². The summed E-state index contributed by atoms with van der Waals surface area (Å²) in [7, 11) is 0. The molecule has 0 N–H and O–H groups in total. The van der Waals surface area contributed by atoms with E-state index in [4.69, 9.17) is 9.47 Å². The summed E-state index contributed by atoms with van der Waals surface area (Å²) < 4.78 is 23.2. The van der Waals surface area contributed by atoms with E-state index in [0.29, 0.717) is 11.4 Å². The van der Waals surface area contributed by atoms with Crippen LogP contribution < -0.4 is 9.64 Å². The van der Waals surface area contributed by atoms with Gasteiger partial charge in [-0.1, -0.05) is 0 Å². The summed E-state index contributed by atoms with van der Waals surface area (Å²) in [4.78, 5) is 25.0. The highest BCUT2D eigenvalue weighted by molar-refractivity contribution is 5.91. The normalized spacial score (nSPS) is 13.4. The van der Waals surface area contributed by atoms with Gasteiger partial charge in [0.25, 0.3) is 5.69 Å². The lowest BCUT2D eigenvalue weighted by atomic mass is 10.1. The summed E-state index contributed by atoms with van der Waals surface area (Å²) in [6.45, 7) is 1.60. The van der Waals surface area contributed by atoms with E-state index in [0.717, 1.165) is 25.9 Å². The highest BCUT2D eigenvalue weighted by atomic mass is 19.1. The lowest BCUT2D eigenvalue weighted by molar-refractivity contribution is -0.384. The first-order chi connectivity index (χ1) is 13.0. The number of carbonyl (C=O) groups excluding carboxylic acids is 1. The number of rotatable bonds is 7. The fourth-order valence-corrected chi connectivity index (χ4v) is 2.93. The molecule has 2 aromatic rings. The molecule has 2 aromatic carbocycles. The van der Waals surface area contributed by atoms with Gasteiger partial charge in [-0.3, -0.25) is 10.1 Å². The molecule has 0 unspecified atom stereocenters. The number of nitro benzene ring substituents is 1. The Morgan fingerprint density at radius 2 is 1.81 bits per heavy atom. The second kappa shape index (κ2) is 8.48. The van der Waals surface area contributed by atoms with Crippen LogP contribution in [0, 0.1) is 15.9 Å². The van der Waals surface area contributed by atoms with Crippen LogP contribution in [0.5, 0.6) is 5.75 Å². The molecule has 0 atom stereocenters. The zero-order valence-corrected chi connectivity index (χ0v) is 14.6. The minimum Gasteiger partial charge on any atom is -0.490 e. The fourth-order valence-electron chi connectivity index (χ4n) is 2.93. The minimum atomic E-state index is -0.659. The van der Waals surface area contributed by atoms with Crippen molar-refractivity contribution in [2.75, 3.05) is 31.2 Å². The van der Waals surface area contributed by atoms with Crippen LogP contribution in [0.4, 0.5) is 15.8 Å². The highest BCUT2D eigenvalue weighted by Crippen LogP contribution is 2.31. The zero-order valence-electron chi connectivity index (χ0n) is 14.6. The van der Waals surface area contributed by atoms with E-state index in [1.807, 2.05) is 4.90 Å². The zero-order chi connectivity index (χ0) is 19.2. The highest BCUT2D eigenvalue weighted by Gasteiger charge is 2.24. The third-order valence-electron chi connectivity index (χ3n) is 4.25. The van der Waals surface area contributed by atoms with E-state index in [-0.39, 0.29) is 30.3 Å². The summed E-state index contributed by atoms with van der Waals surface area (Å²) in [6.07, 6.45) is 1.99. The molecule has 0 bridgehead atoms. The number of benzene rings is 2. The molecule has 0 saturated carbocycles. The SMILES string of the molecule is O=C(OCCOc1ccc(F)cc1)c1ccc(N2CCCC2)c([N+](=O)[O-])c1. The monoisotopic (exact) mass is 374 g/mol. The average molecular weight is 374 g/mol. The maximum Gasteiger partial charge on any atom is 0.338 e. The number of esters is 1. The van der Waals surface area contributed by atoms with Crippen LogP contribution in [0.2, 0.25) is 0 Å². The van der Waals surface area contributed by atoms with Crippen LogP contribution >= 0.6 is 0 Å². The number of halogens is 1. The smallest absolute Gasteiger partial charge is 0.338 e. The van der Waals surface area contributed by atoms with Crippen molar-refractivity contribution in [1.29, 1.82) is 0 Å². The molecule has 1 aliphatic rings. The summed E-state index contributed by atoms with van der Waals surface area (Å²) in [5.74, 6) is -0.570. The topological polar surface area (TPSA) is 81.9 Å². The van der Waals surface area contributed by atoms with Crippen LogP contribution in [0.3, 0.4) is 0 Å². The van der Waals surface area contributed by atoms with Crippen LogP contribution in [-0.4, -0.2) is 37.2 Å². The van der Waals surface area contributed by atoms with Crippen molar-refractivity contribution in [3.8, 4) is 5.75 Å². The number of anilines is 1. The molecule has 1 fully saturated rings. The van der Waals surface area contributed by atoms with Crippen molar-refractivity contribution < 1.29 is 23.6 Å². The second-order valence-corrected chi connectivity index (χ2v) is 6.09. The van der Waals surface area contributed by atoms with Gasteiger partial charge < -0.3 is 14.4 Å². The van der Waals surface area contributed by atoms with Crippen LogP contribution in [-0.2, 0) is 4.74 Å². The molecule has 142 valence electrons. The first-order valence-electron chi connectivity index (χ1n) is 8.63. The fraction of sp³-hybridized carbons (Fsp3) is 0.316. The largest absolute Gasteiger partial charge is 0.490 e. The number of nitrogens with zero attached hydrogens (tertiary/aromatic N) is 2. The molecule has 0 aromatic heterocycles. The van der Waals surface area contributed by atoms with Crippen molar-refractivity contribution in [2.45, 2.75) is 12.8 Å². The molecule has 0 amide bonds. The minimum absolute atomic E-state index is 0.0299. The molecule has 3 rings (SSSR count). The average Bonchev–Trinajstić information content (AvgIpc) is 3.20. The van der Waals surface area contributed by atoms with E-state index in [1.165, 1.54) is 36.4 Å². The van der Waals surface area contributed by atoms with Crippen LogP contribution in [0.1, 0.15) is 23.2 Å². The molecule has 7 nitrogen and oxygen atoms in total. The maximum absolute atomic E-state index is 12.8. The van der Waals surface area contributed by atoms with Gasteiger partial charge in [0.05, 0.1) is 10.5 Å². The van der Waals surface area contributed by atoms with Crippen molar-refractivity contribution >= 4 is 17.3 Å². The van der Waals surface area contributed by atoms with Gasteiger partial charge in [0.1, 0.15) is 30.5 Å². The standard InChI is InChI=1S/C19H19FN2O5/c20-15-4-6-16(7-5-15)26-11-12-27-19(23)14-3-8-17(18(13-14)22(24)25)21-9-1-2-10-21/h3-8,13H,1-2,9-12H2. The maximum atomic E-state index is 12.8. The number of carbonyl (C=O) groups is 1. The molecule has 0 aliphatic carbocycles. The van der Waals surface area contributed by atoms with Gasteiger partial charge in [0, 0.05) is 19.2 Å². The summed E-state index contributed by atoms with van der Waals surface area (Å²) in [6, 6.07) is 9.84. The van der Waals surface area contributed by atoms with Crippen molar-refractivity contribution in [3.05, 3.63) is 64.0 Å². The van der Waals surface area contributed by atoms with Crippen molar-refractivity contribution in [1.82, 2.24) is 0 Å². The van der Waals surface area contributed by atoms with Gasteiger partial charge in [0.15, 0.2) is 0 Å². The molecule has 27 heavy (non-hydrogen) atoms. The third kappa shape index (κ3) is 4.72. The van der Waals surface area contributed by atoms with E-state index in [1.54, 1.807) is 6.07 Å². The number of nitro groups is 1. The van der Waals surface area contributed by atoms with E-state index in [2.05, 4.69) is 0 Å². The van der Waals surface area contributed by atoms with Crippen molar-refractivity contribution in [3.63, 3.8) is 0 Å². The molecule has 8 heteroatoms. The predicted octanol–water partition coefficient (Wildman–Crippen LogP) is 3.57. The number of hydrogen-bond acceptors (Lipinski definition) is 6. The van der Waals surface area contributed by atoms with Gasteiger partial charge in [-0.25, -0.2) is 9.18 Å². The molecule has 1 aliphatic heterocycles. The van der Waals surface area contributed by atoms with E-state index in [9.17, 15) is 19.3 Å². The second-order valence-electron chi connectivity index (χ2n) is 6.09. The Labute approximate surface area is 155 Å². The Morgan fingerprint density at radius 3 is 2.48 bits per heavy atom. The first-order valence-corrected chi connectivity index (χ1v) is 8.63. The van der Waals surface area contributed by atoms with E-state index >= 15 is 0 Å². The Bertz CT molecular complexity index is 819. The molecule has 1 heterocycles. The van der Waals surface area contributed by atoms with Gasteiger partial charge in [-0.2, -0.15) is 0 Å². The Morgan fingerprint density at radius 1 is 1.11 bits per heavy atom. The summed E-state index contributed by atoms with van der Waals surface area (Å²) >= 11 is 0. The summed E-state index contributed by atoms with van der Waals surface area (Å²) in [5, 5.41) is 11.4. The van der Waals surface area contributed by atoms with Crippen LogP contribution in [0.25, 0.3) is 0 Å². The summed E-state index contributed by atoms with van der Waals surface area (Å²) in [5.41, 5.74) is 0.536. The third-order valence-corrected chi connectivity index (χ3v) is 4.25. The lowest BCUT2D eigenvalue weighted by Gasteiger charge is -2.17. The van der Waals surface area contributed by atoms with Gasteiger partial charge in [0.2, 0.25) is 0 Å². The quantitative estimate of drug-likeness (QED) is 0.319. The molecule has 1 saturated heterocycles. The number of ether oxygens (including phenoxy) is 2. The molecular weight excluding hydrogens is 355 g/mol. The van der Waals surface area contributed by atoms with Crippen LogP contribution in [0.15, 0.2) is 42.5 Å². The molecule has 0 spiro atoms. The van der Waals surface area contributed by atoms with Gasteiger partial charge in [-0.05, 0) is 49.2 Å². The Balaban J connectivity index is 1.58. The number of hydrogen-bond donors (Lipinski definition) is 0. The Kier molecular flexibility index (Phi) is 5.85. The van der Waals surface area contributed by atoms with Gasteiger partial charge >= 0.3 is 5.97 Å². The molecular formula is C19H19FN2O5. The van der Waals surface area contributed by atoms with E-state index < -0.39 is 10.9 Å². The molecule has 0 radical (unpaired) electrons. The Hall–Kier alpha value is -3.16. The predicted molar refractivity (Wildman–Crippen MR) is 96.7 cm³/mol. The van der Waals surface area contributed by atoms with Gasteiger partial charge in [-0.15, -0.1) is 0 Å². The first kappa shape index (κ1) is 18.6.